The highest BCUT2D eigenvalue weighted by molar-refractivity contribution is 5.94. The van der Waals surface area contributed by atoms with Crippen molar-refractivity contribution in [3.8, 4) is 0 Å². The van der Waals surface area contributed by atoms with Gasteiger partial charge in [0.15, 0.2) is 5.69 Å². The molecule has 1 aliphatic heterocycles. The molecule has 0 bridgehead atoms. The Kier molecular flexibility index (Phi) is 3.78. The molecule has 5 nitrogen and oxygen atoms in total. The number of aromatic nitrogens is 2. The third-order valence-electron chi connectivity index (χ3n) is 4.52. The Morgan fingerprint density at radius 1 is 1.25 bits per heavy atom. The van der Waals surface area contributed by atoms with Gasteiger partial charge >= 0.3 is 0 Å². The van der Waals surface area contributed by atoms with Gasteiger partial charge in [-0.1, -0.05) is 12.8 Å². The van der Waals surface area contributed by atoms with Crippen LogP contribution >= 0.6 is 0 Å². The van der Waals surface area contributed by atoms with E-state index >= 15 is 0 Å². The molecule has 0 spiro atoms. The molecular weight excluding hydrogens is 254 g/mol. The predicted molar refractivity (Wildman–Crippen MR) is 75.6 cm³/mol. The van der Waals surface area contributed by atoms with Crippen LogP contribution in [0.2, 0.25) is 0 Å². The molecule has 1 aliphatic carbocycles. The standard InChI is InChI=1S/C15H23N3O2/c1-17-13-7-6-11(19)10-12(13)14(16-17)15(20)18-8-4-2-3-5-9-18/h11,19H,2-10H2,1H3. The molecule has 1 atom stereocenters. The summed E-state index contributed by atoms with van der Waals surface area (Å²) in [6, 6.07) is 0. The molecule has 2 aliphatic rings. The van der Waals surface area contributed by atoms with Gasteiger partial charge in [-0.25, -0.2) is 0 Å². The van der Waals surface area contributed by atoms with Crippen molar-refractivity contribution in [1.82, 2.24) is 14.7 Å². The fourth-order valence-corrected chi connectivity index (χ4v) is 3.37. The Labute approximate surface area is 119 Å². The SMILES string of the molecule is Cn1nc(C(=O)N2CCCCCC2)c2c1CCC(O)C2. The van der Waals surface area contributed by atoms with Crippen molar-refractivity contribution in [2.24, 2.45) is 7.05 Å². The van der Waals surface area contributed by atoms with Gasteiger partial charge in [0, 0.05) is 37.8 Å². The van der Waals surface area contributed by atoms with Crippen molar-refractivity contribution in [2.45, 2.75) is 51.0 Å². The molecule has 1 fully saturated rings. The Morgan fingerprint density at radius 2 is 1.95 bits per heavy atom. The minimum atomic E-state index is -0.331. The van der Waals surface area contributed by atoms with Gasteiger partial charge in [-0.15, -0.1) is 0 Å². The van der Waals surface area contributed by atoms with Crippen LogP contribution in [0.3, 0.4) is 0 Å². The molecule has 110 valence electrons. The maximum atomic E-state index is 12.7. The summed E-state index contributed by atoms with van der Waals surface area (Å²) >= 11 is 0. The fraction of sp³-hybridized carbons (Fsp3) is 0.733. The van der Waals surface area contributed by atoms with Gasteiger partial charge in [0.25, 0.3) is 5.91 Å². The van der Waals surface area contributed by atoms with Crippen molar-refractivity contribution in [3.63, 3.8) is 0 Å². The quantitative estimate of drug-likeness (QED) is 0.841. The molecule has 1 saturated heterocycles. The summed E-state index contributed by atoms with van der Waals surface area (Å²) < 4.78 is 1.83. The second-order valence-corrected chi connectivity index (χ2v) is 6.00. The van der Waals surface area contributed by atoms with Gasteiger partial charge in [-0.2, -0.15) is 5.10 Å². The first-order valence-corrected chi connectivity index (χ1v) is 7.69. The van der Waals surface area contributed by atoms with Gasteiger partial charge in [0.05, 0.1) is 6.10 Å². The van der Waals surface area contributed by atoms with Gasteiger partial charge in [0.2, 0.25) is 0 Å². The van der Waals surface area contributed by atoms with E-state index in [0.717, 1.165) is 50.0 Å². The highest BCUT2D eigenvalue weighted by Crippen LogP contribution is 2.25. The monoisotopic (exact) mass is 277 g/mol. The second kappa shape index (κ2) is 5.56. The summed E-state index contributed by atoms with van der Waals surface area (Å²) in [7, 11) is 1.90. The topological polar surface area (TPSA) is 58.4 Å². The molecule has 0 radical (unpaired) electrons. The Morgan fingerprint density at radius 3 is 2.65 bits per heavy atom. The summed E-state index contributed by atoms with van der Waals surface area (Å²) in [5.41, 5.74) is 2.66. The first kappa shape index (κ1) is 13.6. The molecule has 0 saturated carbocycles. The maximum Gasteiger partial charge on any atom is 0.274 e. The van der Waals surface area contributed by atoms with E-state index in [1.165, 1.54) is 12.8 Å². The number of nitrogens with zero attached hydrogens (tertiary/aromatic N) is 3. The first-order valence-electron chi connectivity index (χ1n) is 7.69. The van der Waals surface area contributed by atoms with E-state index in [-0.39, 0.29) is 12.0 Å². The Hall–Kier alpha value is -1.36. The number of hydrogen-bond acceptors (Lipinski definition) is 3. The molecule has 1 N–H and O–H groups in total. The number of carbonyl (C=O) groups excluding carboxylic acids is 1. The first-order chi connectivity index (χ1) is 9.66. The lowest BCUT2D eigenvalue weighted by Gasteiger charge is -2.21. The number of fused-ring (bicyclic) bond motifs is 1. The zero-order chi connectivity index (χ0) is 14.1. The lowest BCUT2D eigenvalue weighted by atomic mass is 9.93. The van der Waals surface area contributed by atoms with E-state index in [2.05, 4.69) is 5.10 Å². The molecule has 0 aromatic carbocycles. The number of carbonyl (C=O) groups is 1. The van der Waals surface area contributed by atoms with E-state index in [1.54, 1.807) is 0 Å². The number of aryl methyl sites for hydroxylation is 1. The molecule has 1 aromatic rings. The lowest BCUT2D eigenvalue weighted by molar-refractivity contribution is 0.0752. The largest absolute Gasteiger partial charge is 0.393 e. The minimum absolute atomic E-state index is 0.0536. The van der Waals surface area contributed by atoms with Crippen LogP contribution in [-0.2, 0) is 19.9 Å². The predicted octanol–water partition coefficient (Wildman–Crippen LogP) is 1.29. The van der Waals surface area contributed by atoms with Crippen LogP contribution in [-0.4, -0.2) is 44.9 Å². The van der Waals surface area contributed by atoms with Crippen LogP contribution in [0.5, 0.6) is 0 Å². The Balaban J connectivity index is 1.87. The highest BCUT2D eigenvalue weighted by atomic mass is 16.3. The number of rotatable bonds is 1. The molecule has 1 unspecified atom stereocenters. The third-order valence-corrected chi connectivity index (χ3v) is 4.52. The third kappa shape index (κ3) is 2.46. The van der Waals surface area contributed by atoms with Crippen LogP contribution in [0.1, 0.15) is 53.8 Å². The molecular formula is C15H23N3O2. The molecule has 1 aromatic heterocycles. The number of aliphatic hydroxyl groups excluding tert-OH is 1. The van der Waals surface area contributed by atoms with Crippen LogP contribution in [0.15, 0.2) is 0 Å². The average Bonchev–Trinajstić information content (AvgIpc) is 2.65. The van der Waals surface area contributed by atoms with E-state index < -0.39 is 0 Å². The van der Waals surface area contributed by atoms with Gasteiger partial charge < -0.3 is 10.0 Å². The molecule has 1 amide bonds. The number of aliphatic hydroxyl groups is 1. The van der Waals surface area contributed by atoms with E-state index in [4.69, 9.17) is 0 Å². The zero-order valence-corrected chi connectivity index (χ0v) is 12.1. The summed E-state index contributed by atoms with van der Waals surface area (Å²) in [5.74, 6) is 0.0536. The van der Waals surface area contributed by atoms with Crippen LogP contribution in [0, 0.1) is 0 Å². The molecule has 3 rings (SSSR count). The van der Waals surface area contributed by atoms with E-state index in [0.29, 0.717) is 12.1 Å². The summed E-state index contributed by atoms with van der Waals surface area (Å²) in [4.78, 5) is 14.7. The smallest absolute Gasteiger partial charge is 0.274 e. The number of hydrogen-bond donors (Lipinski definition) is 1. The van der Waals surface area contributed by atoms with Gasteiger partial charge in [0.1, 0.15) is 0 Å². The summed E-state index contributed by atoms with van der Waals surface area (Å²) in [5, 5.41) is 14.3. The molecule has 5 heteroatoms. The summed E-state index contributed by atoms with van der Waals surface area (Å²) in [6.45, 7) is 1.68. The second-order valence-electron chi connectivity index (χ2n) is 6.00. The highest BCUT2D eigenvalue weighted by Gasteiger charge is 2.29. The minimum Gasteiger partial charge on any atom is -0.393 e. The van der Waals surface area contributed by atoms with E-state index in [9.17, 15) is 9.90 Å². The zero-order valence-electron chi connectivity index (χ0n) is 12.1. The normalized spacial score (nSPS) is 23.3. The fourth-order valence-electron chi connectivity index (χ4n) is 3.37. The number of amides is 1. The van der Waals surface area contributed by atoms with Crippen molar-refractivity contribution in [3.05, 3.63) is 17.0 Å². The maximum absolute atomic E-state index is 12.7. The van der Waals surface area contributed by atoms with Gasteiger partial charge in [-0.3, -0.25) is 9.48 Å². The van der Waals surface area contributed by atoms with Crippen molar-refractivity contribution in [1.29, 1.82) is 0 Å². The lowest BCUT2D eigenvalue weighted by Crippen LogP contribution is -2.33. The van der Waals surface area contributed by atoms with Gasteiger partial charge in [-0.05, 0) is 25.7 Å². The van der Waals surface area contributed by atoms with Crippen LogP contribution < -0.4 is 0 Å². The molecule has 20 heavy (non-hydrogen) atoms. The average molecular weight is 277 g/mol. The van der Waals surface area contributed by atoms with Crippen LogP contribution in [0.25, 0.3) is 0 Å². The summed E-state index contributed by atoms with van der Waals surface area (Å²) in [6.07, 6.45) is 6.41. The number of likely N-dealkylation sites (tertiary alicyclic amines) is 1. The van der Waals surface area contributed by atoms with Crippen molar-refractivity contribution >= 4 is 5.91 Å². The van der Waals surface area contributed by atoms with Crippen LogP contribution in [0.4, 0.5) is 0 Å². The molecule has 2 heterocycles. The van der Waals surface area contributed by atoms with Crippen molar-refractivity contribution < 1.29 is 9.90 Å². The Bertz CT molecular complexity index is 501. The van der Waals surface area contributed by atoms with Crippen molar-refractivity contribution in [2.75, 3.05) is 13.1 Å². The van der Waals surface area contributed by atoms with E-state index in [1.807, 2.05) is 16.6 Å².